The van der Waals surface area contributed by atoms with E-state index in [1.165, 1.54) is 11.1 Å². The molecule has 1 N–H and O–H groups in total. The lowest BCUT2D eigenvalue weighted by atomic mass is 9.96. The van der Waals surface area contributed by atoms with Gasteiger partial charge < -0.3 is 14.7 Å². The maximum Gasteiger partial charge on any atom is 0.238 e. The molecule has 0 radical (unpaired) electrons. The second kappa shape index (κ2) is 10.9. The summed E-state index contributed by atoms with van der Waals surface area (Å²) in [5.41, 5.74) is 5.80. The fraction of sp³-hybridized carbons (Fsp3) is 0.300. The highest BCUT2D eigenvalue weighted by Crippen LogP contribution is 2.35. The molecule has 5 heteroatoms. The Balaban J connectivity index is 1.41. The van der Waals surface area contributed by atoms with Crippen LogP contribution in [0.3, 0.4) is 0 Å². The van der Waals surface area contributed by atoms with Gasteiger partial charge in [-0.15, -0.1) is 0 Å². The van der Waals surface area contributed by atoms with Crippen LogP contribution in [0.25, 0.3) is 10.9 Å². The van der Waals surface area contributed by atoms with Crippen molar-refractivity contribution in [1.82, 2.24) is 9.88 Å². The molecule has 180 valence electrons. The molecule has 1 aliphatic heterocycles. The lowest BCUT2D eigenvalue weighted by molar-refractivity contribution is 0.210. The highest BCUT2D eigenvalue weighted by atomic mass is 16.5. The first-order valence-corrected chi connectivity index (χ1v) is 12.5. The fourth-order valence-electron chi connectivity index (χ4n) is 4.99. The fourth-order valence-corrected chi connectivity index (χ4v) is 4.99. The summed E-state index contributed by atoms with van der Waals surface area (Å²) in [6.07, 6.45) is 0.594. The number of anilines is 1. The van der Waals surface area contributed by atoms with Crippen LogP contribution in [0, 0.1) is 6.92 Å². The van der Waals surface area contributed by atoms with Crippen molar-refractivity contribution in [2.24, 2.45) is 0 Å². The molecular formula is C30H33N3O2. The normalized spacial score (nSPS) is 14.5. The van der Waals surface area contributed by atoms with Crippen molar-refractivity contribution in [2.75, 3.05) is 44.3 Å². The molecule has 0 unspecified atom stereocenters. The van der Waals surface area contributed by atoms with E-state index in [-0.39, 0.29) is 12.6 Å². The number of para-hydroxylation sites is 1. The third kappa shape index (κ3) is 5.16. The average Bonchev–Trinajstić information content (AvgIpc) is 2.91. The first-order chi connectivity index (χ1) is 17.2. The molecule has 3 aromatic carbocycles. The third-order valence-electron chi connectivity index (χ3n) is 6.79. The quantitative estimate of drug-likeness (QED) is 0.360. The van der Waals surface area contributed by atoms with E-state index in [2.05, 4.69) is 102 Å². The van der Waals surface area contributed by atoms with Crippen molar-refractivity contribution in [3.63, 3.8) is 0 Å². The molecular weight excluding hydrogens is 434 g/mol. The van der Waals surface area contributed by atoms with Crippen LogP contribution in [-0.4, -0.2) is 54.4 Å². The lowest BCUT2D eigenvalue weighted by Gasteiger charge is -2.41. The molecule has 0 spiro atoms. The van der Waals surface area contributed by atoms with Crippen molar-refractivity contribution >= 4 is 16.6 Å². The second-order valence-electron chi connectivity index (χ2n) is 9.13. The molecule has 0 bridgehead atoms. The molecule has 0 amide bonds. The second-order valence-corrected chi connectivity index (χ2v) is 9.13. The maximum atomic E-state index is 9.23. The van der Waals surface area contributed by atoms with Gasteiger partial charge in [0.25, 0.3) is 0 Å². The summed E-state index contributed by atoms with van der Waals surface area (Å²) in [6, 6.07) is 30.3. The Morgan fingerprint density at radius 3 is 2.14 bits per heavy atom. The Hall–Kier alpha value is -3.41. The van der Waals surface area contributed by atoms with Gasteiger partial charge in [0.1, 0.15) is 5.69 Å². The third-order valence-corrected chi connectivity index (χ3v) is 6.79. The van der Waals surface area contributed by atoms with Crippen LogP contribution in [-0.2, 0) is 0 Å². The minimum Gasteiger partial charge on any atom is -0.476 e. The van der Waals surface area contributed by atoms with Gasteiger partial charge in [-0.05, 0) is 29.7 Å². The van der Waals surface area contributed by atoms with Crippen LogP contribution in [0.2, 0.25) is 0 Å². The van der Waals surface area contributed by atoms with Gasteiger partial charge in [-0.1, -0.05) is 78.9 Å². The molecule has 5 nitrogen and oxygen atoms in total. The number of aliphatic hydroxyl groups is 1. The summed E-state index contributed by atoms with van der Waals surface area (Å²) in [5, 5.41) is 10.4. The van der Waals surface area contributed by atoms with Crippen molar-refractivity contribution < 1.29 is 9.84 Å². The van der Waals surface area contributed by atoms with Crippen LogP contribution < -0.4 is 9.64 Å². The van der Waals surface area contributed by atoms with E-state index in [4.69, 9.17) is 9.72 Å². The topological polar surface area (TPSA) is 48.8 Å². The van der Waals surface area contributed by atoms with Crippen LogP contribution in [0.4, 0.5) is 5.69 Å². The molecule has 0 saturated carbocycles. The van der Waals surface area contributed by atoms with Crippen LogP contribution in [0.15, 0.2) is 84.9 Å². The van der Waals surface area contributed by atoms with E-state index in [0.29, 0.717) is 18.9 Å². The predicted octanol–water partition coefficient (Wildman–Crippen LogP) is 5.22. The SMILES string of the molecule is Cc1cccc2cc(N3CCN(C(c4ccccc4)c4ccccc4)CC3)c(OCCCO)nc12. The Bertz CT molecular complexity index is 1200. The Morgan fingerprint density at radius 2 is 1.51 bits per heavy atom. The number of aryl methyl sites for hydroxylation is 1. The number of nitrogens with zero attached hydrogens (tertiary/aromatic N) is 3. The van der Waals surface area contributed by atoms with Crippen molar-refractivity contribution in [2.45, 2.75) is 19.4 Å². The van der Waals surface area contributed by atoms with Crippen molar-refractivity contribution in [1.29, 1.82) is 0 Å². The van der Waals surface area contributed by atoms with Gasteiger partial charge in [0.15, 0.2) is 0 Å². The summed E-state index contributed by atoms with van der Waals surface area (Å²) >= 11 is 0. The Morgan fingerprint density at radius 1 is 0.857 bits per heavy atom. The smallest absolute Gasteiger partial charge is 0.238 e. The number of aliphatic hydroxyl groups excluding tert-OH is 1. The van der Waals surface area contributed by atoms with Crippen LogP contribution in [0.5, 0.6) is 5.88 Å². The number of fused-ring (bicyclic) bond motifs is 1. The summed E-state index contributed by atoms with van der Waals surface area (Å²) < 4.78 is 6.08. The molecule has 35 heavy (non-hydrogen) atoms. The van der Waals surface area contributed by atoms with Gasteiger partial charge in [-0.2, -0.15) is 0 Å². The summed E-state index contributed by atoms with van der Waals surface area (Å²) in [4.78, 5) is 9.88. The van der Waals surface area contributed by atoms with Gasteiger partial charge in [0, 0.05) is 44.6 Å². The highest BCUT2D eigenvalue weighted by Gasteiger charge is 2.28. The van der Waals surface area contributed by atoms with Gasteiger partial charge >= 0.3 is 0 Å². The molecule has 4 aromatic rings. The Labute approximate surface area is 207 Å². The number of benzene rings is 3. The molecule has 0 atom stereocenters. The van der Waals surface area contributed by atoms with Gasteiger partial charge in [-0.3, -0.25) is 4.90 Å². The zero-order chi connectivity index (χ0) is 24.0. The molecule has 1 fully saturated rings. The van der Waals surface area contributed by atoms with E-state index in [1.807, 2.05) is 0 Å². The first kappa shape index (κ1) is 23.3. The van der Waals surface area contributed by atoms with Gasteiger partial charge in [0.2, 0.25) is 5.88 Å². The largest absolute Gasteiger partial charge is 0.476 e. The molecule has 1 aromatic heterocycles. The van der Waals surface area contributed by atoms with E-state index in [0.717, 1.165) is 48.3 Å². The number of pyridine rings is 1. The van der Waals surface area contributed by atoms with E-state index >= 15 is 0 Å². The number of ether oxygens (including phenoxy) is 1. The minimum atomic E-state index is 0.112. The van der Waals surface area contributed by atoms with Crippen molar-refractivity contribution in [3.05, 3.63) is 102 Å². The lowest BCUT2D eigenvalue weighted by Crippen LogP contribution is -2.48. The van der Waals surface area contributed by atoms with Crippen LogP contribution >= 0.6 is 0 Å². The van der Waals surface area contributed by atoms with E-state index in [9.17, 15) is 5.11 Å². The minimum absolute atomic E-state index is 0.112. The molecule has 1 saturated heterocycles. The van der Waals surface area contributed by atoms with E-state index < -0.39 is 0 Å². The Kier molecular flexibility index (Phi) is 7.26. The average molecular weight is 468 g/mol. The number of rotatable bonds is 8. The van der Waals surface area contributed by atoms with Crippen molar-refractivity contribution in [3.8, 4) is 5.88 Å². The van der Waals surface area contributed by atoms with Crippen LogP contribution in [0.1, 0.15) is 29.2 Å². The van der Waals surface area contributed by atoms with E-state index in [1.54, 1.807) is 0 Å². The summed E-state index contributed by atoms with van der Waals surface area (Å²) in [6.45, 7) is 6.32. The summed E-state index contributed by atoms with van der Waals surface area (Å²) in [5.74, 6) is 0.663. The number of hydrogen-bond donors (Lipinski definition) is 1. The monoisotopic (exact) mass is 467 g/mol. The molecule has 5 rings (SSSR count). The first-order valence-electron chi connectivity index (χ1n) is 12.5. The molecule has 1 aliphatic rings. The number of piperazine rings is 1. The number of hydrogen-bond acceptors (Lipinski definition) is 5. The zero-order valence-corrected chi connectivity index (χ0v) is 20.3. The molecule has 0 aliphatic carbocycles. The zero-order valence-electron chi connectivity index (χ0n) is 20.3. The van der Waals surface area contributed by atoms with Gasteiger partial charge in [-0.25, -0.2) is 4.98 Å². The predicted molar refractivity (Wildman–Crippen MR) is 142 cm³/mol. The standard InChI is InChI=1S/C30H33N3O2/c1-23-10-8-15-26-22-27(30(31-28(23)26)35-21-9-20-34)32-16-18-33(19-17-32)29(24-11-4-2-5-12-24)25-13-6-3-7-14-25/h2-8,10-15,22,29,34H,9,16-21H2,1H3. The summed E-state index contributed by atoms with van der Waals surface area (Å²) in [7, 11) is 0. The molecule has 2 heterocycles. The van der Waals surface area contributed by atoms with Gasteiger partial charge in [0.05, 0.1) is 18.2 Å². The number of aromatic nitrogens is 1. The maximum absolute atomic E-state index is 9.23. The highest BCUT2D eigenvalue weighted by molar-refractivity contribution is 5.86.